The van der Waals surface area contributed by atoms with Gasteiger partial charge >= 0.3 is 5.97 Å². The van der Waals surface area contributed by atoms with E-state index in [4.69, 9.17) is 4.74 Å². The first kappa shape index (κ1) is 20.0. The molecule has 0 radical (unpaired) electrons. The first-order valence-corrected chi connectivity index (χ1v) is 10.2. The zero-order chi connectivity index (χ0) is 17.7. The van der Waals surface area contributed by atoms with Gasteiger partial charge < -0.3 is 10.1 Å². The Morgan fingerprint density at radius 1 is 1.04 bits per heavy atom. The number of benzene rings is 1. The normalized spacial score (nSPS) is 20.4. The lowest BCUT2D eigenvalue weighted by molar-refractivity contribution is -0.151. The Balaban J connectivity index is 1.52. The molecule has 0 heterocycles. The largest absolute Gasteiger partial charge is 0.461 e. The van der Waals surface area contributed by atoms with Gasteiger partial charge in [-0.05, 0) is 56.7 Å². The number of esters is 1. The molecule has 1 N–H and O–H groups in total. The third-order valence-electron chi connectivity index (χ3n) is 5.29. The van der Waals surface area contributed by atoms with Gasteiger partial charge in [-0.25, -0.2) is 0 Å². The number of nitrogens with one attached hydrogen (secondary N) is 1. The van der Waals surface area contributed by atoms with Gasteiger partial charge in [0.25, 0.3) is 0 Å². The van der Waals surface area contributed by atoms with Gasteiger partial charge in [0.2, 0.25) is 0 Å². The Morgan fingerprint density at radius 3 is 2.48 bits per heavy atom. The summed E-state index contributed by atoms with van der Waals surface area (Å²) in [6, 6.07) is 9.93. The molecule has 2 rings (SSSR count). The van der Waals surface area contributed by atoms with Crippen LogP contribution in [0.1, 0.15) is 70.3 Å². The summed E-state index contributed by atoms with van der Waals surface area (Å²) in [5.74, 6) is 0.828. The summed E-state index contributed by atoms with van der Waals surface area (Å²) in [7, 11) is 0. The third kappa shape index (κ3) is 8.04. The summed E-state index contributed by atoms with van der Waals surface area (Å²) in [6.45, 7) is 4.91. The van der Waals surface area contributed by atoms with E-state index in [0.717, 1.165) is 50.3 Å². The fraction of sp³-hybridized carbons (Fsp3) is 0.682. The first-order valence-electron chi connectivity index (χ1n) is 10.2. The molecule has 140 valence electrons. The lowest BCUT2D eigenvalue weighted by atomic mass is 9.82. The number of carbonyl (C=O) groups excluding carboxylic acids is 1. The molecule has 3 nitrogen and oxygen atoms in total. The molecule has 0 spiro atoms. The van der Waals surface area contributed by atoms with Crippen molar-refractivity contribution in [1.29, 1.82) is 0 Å². The van der Waals surface area contributed by atoms with E-state index in [2.05, 4.69) is 12.2 Å². The number of carbonyl (C=O) groups is 1. The second-order valence-corrected chi connectivity index (χ2v) is 7.43. The van der Waals surface area contributed by atoms with Crippen LogP contribution in [0.25, 0.3) is 0 Å². The number of rotatable bonds is 11. The molecule has 0 saturated heterocycles. The molecule has 25 heavy (non-hydrogen) atoms. The minimum absolute atomic E-state index is 0.00816. The molecule has 1 fully saturated rings. The molecule has 3 heteroatoms. The Kier molecular flexibility index (Phi) is 9.65. The van der Waals surface area contributed by atoms with Crippen molar-refractivity contribution >= 4 is 5.97 Å². The minimum atomic E-state index is -0.00816. The standard InChI is InChI=1S/C22H35NO2/c1-2-3-4-5-9-16-23-17-19-12-14-21(15-13-19)22(24)25-18-20-10-7-6-8-11-20/h6-8,10-11,19,21,23H,2-5,9,12-18H2,1H3. The predicted octanol–water partition coefficient (Wildman–Crippen LogP) is 5.10. The van der Waals surface area contributed by atoms with Crippen LogP contribution >= 0.6 is 0 Å². The highest BCUT2D eigenvalue weighted by molar-refractivity contribution is 5.72. The topological polar surface area (TPSA) is 38.3 Å². The smallest absolute Gasteiger partial charge is 0.309 e. The van der Waals surface area contributed by atoms with Crippen LogP contribution in [-0.2, 0) is 16.1 Å². The molecule has 1 aromatic carbocycles. The monoisotopic (exact) mass is 345 g/mol. The van der Waals surface area contributed by atoms with E-state index in [1.165, 1.54) is 32.1 Å². The lowest BCUT2D eigenvalue weighted by Gasteiger charge is -2.27. The Morgan fingerprint density at radius 2 is 1.76 bits per heavy atom. The van der Waals surface area contributed by atoms with Gasteiger partial charge in [-0.15, -0.1) is 0 Å². The maximum Gasteiger partial charge on any atom is 0.309 e. The molecule has 0 unspecified atom stereocenters. The third-order valence-corrected chi connectivity index (χ3v) is 5.29. The fourth-order valence-corrected chi connectivity index (χ4v) is 3.61. The van der Waals surface area contributed by atoms with E-state index in [1.807, 2.05) is 30.3 Å². The van der Waals surface area contributed by atoms with E-state index in [9.17, 15) is 4.79 Å². The van der Waals surface area contributed by atoms with Gasteiger partial charge in [0.05, 0.1) is 5.92 Å². The van der Waals surface area contributed by atoms with Gasteiger partial charge in [0, 0.05) is 0 Å². The Bertz CT molecular complexity index is 466. The molecule has 0 bridgehead atoms. The van der Waals surface area contributed by atoms with Gasteiger partial charge in [-0.1, -0.05) is 62.9 Å². The van der Waals surface area contributed by atoms with E-state index in [0.29, 0.717) is 6.61 Å². The molecule has 1 saturated carbocycles. The molecular formula is C22H35NO2. The van der Waals surface area contributed by atoms with Gasteiger partial charge in [0.15, 0.2) is 0 Å². The fourth-order valence-electron chi connectivity index (χ4n) is 3.61. The highest BCUT2D eigenvalue weighted by atomic mass is 16.5. The Hall–Kier alpha value is -1.35. The van der Waals surface area contributed by atoms with Crippen molar-refractivity contribution in [2.45, 2.75) is 71.3 Å². The molecule has 1 aromatic rings. The van der Waals surface area contributed by atoms with E-state index in [1.54, 1.807) is 0 Å². The van der Waals surface area contributed by atoms with E-state index in [-0.39, 0.29) is 11.9 Å². The van der Waals surface area contributed by atoms with Crippen LogP contribution in [0, 0.1) is 11.8 Å². The maximum absolute atomic E-state index is 12.2. The number of hydrogen-bond acceptors (Lipinski definition) is 3. The Labute approximate surface area is 153 Å². The van der Waals surface area contributed by atoms with Gasteiger partial charge in [-0.2, -0.15) is 0 Å². The van der Waals surface area contributed by atoms with Crippen molar-refractivity contribution in [3.63, 3.8) is 0 Å². The quantitative estimate of drug-likeness (QED) is 0.448. The van der Waals surface area contributed by atoms with Crippen LogP contribution in [0.5, 0.6) is 0 Å². The van der Waals surface area contributed by atoms with Crippen LogP contribution in [-0.4, -0.2) is 19.1 Å². The number of ether oxygens (including phenoxy) is 1. The zero-order valence-corrected chi connectivity index (χ0v) is 15.8. The molecule has 0 aromatic heterocycles. The summed E-state index contributed by atoms with van der Waals surface area (Å²) in [4.78, 5) is 12.2. The molecular weight excluding hydrogens is 310 g/mol. The van der Waals surface area contributed by atoms with E-state index >= 15 is 0 Å². The summed E-state index contributed by atoms with van der Waals surface area (Å²) < 4.78 is 5.49. The van der Waals surface area contributed by atoms with Crippen molar-refractivity contribution in [2.75, 3.05) is 13.1 Å². The number of unbranched alkanes of at least 4 members (excludes halogenated alkanes) is 4. The molecule has 0 amide bonds. The molecule has 0 aliphatic heterocycles. The number of hydrogen-bond donors (Lipinski definition) is 1. The van der Waals surface area contributed by atoms with Crippen LogP contribution < -0.4 is 5.32 Å². The molecule has 0 atom stereocenters. The van der Waals surface area contributed by atoms with Crippen molar-refractivity contribution in [1.82, 2.24) is 5.32 Å². The van der Waals surface area contributed by atoms with Crippen LogP contribution in [0.4, 0.5) is 0 Å². The zero-order valence-electron chi connectivity index (χ0n) is 15.8. The van der Waals surface area contributed by atoms with E-state index < -0.39 is 0 Å². The average molecular weight is 346 g/mol. The first-order chi connectivity index (χ1) is 12.3. The van der Waals surface area contributed by atoms with Crippen molar-refractivity contribution in [3.8, 4) is 0 Å². The lowest BCUT2D eigenvalue weighted by Crippen LogP contribution is -2.30. The second-order valence-electron chi connectivity index (χ2n) is 7.43. The average Bonchev–Trinajstić information content (AvgIpc) is 2.67. The summed E-state index contributed by atoms with van der Waals surface area (Å²) in [6.07, 6.45) is 10.9. The van der Waals surface area contributed by atoms with Gasteiger partial charge in [-0.3, -0.25) is 4.79 Å². The SMILES string of the molecule is CCCCCCCNCC1CCC(C(=O)OCc2ccccc2)CC1. The summed E-state index contributed by atoms with van der Waals surface area (Å²) in [5, 5.41) is 3.61. The highest BCUT2D eigenvalue weighted by Crippen LogP contribution is 2.29. The maximum atomic E-state index is 12.2. The highest BCUT2D eigenvalue weighted by Gasteiger charge is 2.27. The molecule has 1 aliphatic rings. The van der Waals surface area contributed by atoms with Crippen LogP contribution in [0.15, 0.2) is 30.3 Å². The predicted molar refractivity (Wildman–Crippen MR) is 103 cm³/mol. The van der Waals surface area contributed by atoms with Crippen molar-refractivity contribution in [2.24, 2.45) is 11.8 Å². The minimum Gasteiger partial charge on any atom is -0.461 e. The van der Waals surface area contributed by atoms with Crippen molar-refractivity contribution < 1.29 is 9.53 Å². The van der Waals surface area contributed by atoms with Gasteiger partial charge in [0.1, 0.15) is 6.61 Å². The summed E-state index contributed by atoms with van der Waals surface area (Å²) in [5.41, 5.74) is 1.06. The summed E-state index contributed by atoms with van der Waals surface area (Å²) >= 11 is 0. The second kappa shape index (κ2) is 12.1. The van der Waals surface area contributed by atoms with Crippen molar-refractivity contribution in [3.05, 3.63) is 35.9 Å². The van der Waals surface area contributed by atoms with Crippen LogP contribution in [0.2, 0.25) is 0 Å². The molecule has 1 aliphatic carbocycles. The van der Waals surface area contributed by atoms with Crippen LogP contribution in [0.3, 0.4) is 0 Å².